The van der Waals surface area contributed by atoms with Crippen LogP contribution in [-0.4, -0.2) is 10.5 Å². The molecule has 2 N–H and O–H groups in total. The van der Waals surface area contributed by atoms with Gasteiger partial charge in [-0.3, -0.25) is 0 Å². The Kier molecular flexibility index (Phi) is 2.83. The molecule has 18 heavy (non-hydrogen) atoms. The van der Waals surface area contributed by atoms with Gasteiger partial charge in [0.05, 0.1) is 10.7 Å². The Bertz CT molecular complexity index is 446. The van der Waals surface area contributed by atoms with E-state index in [0.29, 0.717) is 0 Å². The first-order valence-electron chi connectivity index (χ1n) is 7.10. The van der Waals surface area contributed by atoms with E-state index in [9.17, 15) is 0 Å². The van der Waals surface area contributed by atoms with Gasteiger partial charge in [0.25, 0.3) is 0 Å². The number of nitrogens with zero attached hydrogens (tertiary/aromatic N) is 1. The summed E-state index contributed by atoms with van der Waals surface area (Å²) in [7, 11) is 0. The molecule has 2 aliphatic rings. The second-order valence-corrected chi connectivity index (χ2v) is 8.31. The highest BCUT2D eigenvalue weighted by Crippen LogP contribution is 2.50. The molecule has 1 aromatic heterocycles. The Hall–Kier alpha value is -0.410. The average molecular weight is 264 g/mol. The van der Waals surface area contributed by atoms with Gasteiger partial charge < -0.3 is 5.73 Å². The molecule has 3 atom stereocenters. The molecule has 2 saturated carbocycles. The van der Waals surface area contributed by atoms with Crippen molar-refractivity contribution in [3.05, 3.63) is 16.1 Å². The monoisotopic (exact) mass is 264 g/mol. The topological polar surface area (TPSA) is 38.9 Å². The predicted octanol–water partition coefficient (Wildman–Crippen LogP) is 3.50. The number of nitrogens with two attached hydrogens (primary N) is 1. The van der Waals surface area contributed by atoms with Crippen LogP contribution in [0.2, 0.25) is 0 Å². The molecule has 3 heteroatoms. The van der Waals surface area contributed by atoms with Crippen molar-refractivity contribution in [3.63, 3.8) is 0 Å². The van der Waals surface area contributed by atoms with Crippen molar-refractivity contribution in [2.45, 2.75) is 63.8 Å². The molecule has 0 saturated heterocycles. The lowest BCUT2D eigenvalue weighted by Gasteiger charge is -2.33. The summed E-state index contributed by atoms with van der Waals surface area (Å²) in [4.78, 5) is 4.81. The van der Waals surface area contributed by atoms with Crippen molar-refractivity contribution < 1.29 is 0 Å². The van der Waals surface area contributed by atoms with Crippen molar-refractivity contribution in [1.82, 2.24) is 4.98 Å². The van der Waals surface area contributed by atoms with E-state index in [1.165, 1.54) is 36.4 Å². The Morgan fingerprint density at radius 1 is 1.44 bits per heavy atom. The molecule has 2 bridgehead atoms. The maximum absolute atomic E-state index is 6.66. The second kappa shape index (κ2) is 4.04. The van der Waals surface area contributed by atoms with Gasteiger partial charge in [-0.2, -0.15) is 0 Å². The fraction of sp³-hybridized carbons (Fsp3) is 0.800. The smallest absolute Gasteiger partial charge is 0.0946 e. The van der Waals surface area contributed by atoms with Gasteiger partial charge in [0.2, 0.25) is 0 Å². The molecule has 0 spiro atoms. The lowest BCUT2D eigenvalue weighted by atomic mass is 9.79. The van der Waals surface area contributed by atoms with Crippen molar-refractivity contribution in [2.75, 3.05) is 0 Å². The van der Waals surface area contributed by atoms with Crippen LogP contribution in [0.15, 0.2) is 5.38 Å². The fourth-order valence-corrected chi connectivity index (χ4v) is 4.88. The molecule has 0 radical (unpaired) electrons. The van der Waals surface area contributed by atoms with Crippen LogP contribution in [0.1, 0.15) is 57.2 Å². The predicted molar refractivity (Wildman–Crippen MR) is 76.9 cm³/mol. The SMILES string of the molecule is CC(C)(C)c1csc(CC2(N)CC3CCC2C3)n1. The quantitative estimate of drug-likeness (QED) is 0.888. The highest BCUT2D eigenvalue weighted by molar-refractivity contribution is 7.09. The van der Waals surface area contributed by atoms with Crippen LogP contribution in [0.4, 0.5) is 0 Å². The maximum Gasteiger partial charge on any atom is 0.0946 e. The molecule has 100 valence electrons. The molecular formula is C15H24N2S. The molecule has 3 unspecified atom stereocenters. The second-order valence-electron chi connectivity index (χ2n) is 7.37. The van der Waals surface area contributed by atoms with E-state index < -0.39 is 0 Å². The van der Waals surface area contributed by atoms with Crippen LogP contribution >= 0.6 is 11.3 Å². The van der Waals surface area contributed by atoms with Crippen molar-refractivity contribution in [1.29, 1.82) is 0 Å². The molecule has 0 aliphatic heterocycles. The van der Waals surface area contributed by atoms with E-state index >= 15 is 0 Å². The summed E-state index contributed by atoms with van der Waals surface area (Å²) in [5, 5.41) is 3.46. The van der Waals surface area contributed by atoms with Gasteiger partial charge in [0, 0.05) is 22.8 Å². The molecule has 2 fully saturated rings. The van der Waals surface area contributed by atoms with Crippen LogP contribution in [0.25, 0.3) is 0 Å². The van der Waals surface area contributed by atoms with Gasteiger partial charge in [0.1, 0.15) is 0 Å². The summed E-state index contributed by atoms with van der Waals surface area (Å²) < 4.78 is 0. The van der Waals surface area contributed by atoms with E-state index in [1.807, 2.05) is 0 Å². The highest BCUT2D eigenvalue weighted by atomic mass is 32.1. The van der Waals surface area contributed by atoms with Crippen LogP contribution < -0.4 is 5.73 Å². The van der Waals surface area contributed by atoms with Crippen LogP contribution in [0.3, 0.4) is 0 Å². The summed E-state index contributed by atoms with van der Waals surface area (Å²) in [5.41, 5.74) is 8.09. The van der Waals surface area contributed by atoms with Gasteiger partial charge in [-0.15, -0.1) is 11.3 Å². The van der Waals surface area contributed by atoms with Gasteiger partial charge >= 0.3 is 0 Å². The first-order valence-corrected chi connectivity index (χ1v) is 7.98. The van der Waals surface area contributed by atoms with Gasteiger partial charge in [-0.1, -0.05) is 27.2 Å². The maximum atomic E-state index is 6.66. The molecule has 1 aromatic rings. The minimum atomic E-state index is 0.0515. The fourth-order valence-electron chi connectivity index (χ4n) is 3.72. The molecule has 0 aromatic carbocycles. The third-order valence-corrected chi connectivity index (χ3v) is 5.67. The number of hydrogen-bond donors (Lipinski definition) is 1. The van der Waals surface area contributed by atoms with Crippen molar-refractivity contribution in [3.8, 4) is 0 Å². The largest absolute Gasteiger partial charge is 0.324 e. The number of hydrogen-bond acceptors (Lipinski definition) is 3. The third-order valence-electron chi connectivity index (χ3n) is 4.82. The van der Waals surface area contributed by atoms with E-state index in [1.54, 1.807) is 11.3 Å². The summed E-state index contributed by atoms with van der Waals surface area (Å²) in [5.74, 6) is 1.66. The molecule has 2 nitrogen and oxygen atoms in total. The third kappa shape index (κ3) is 2.12. The van der Waals surface area contributed by atoms with Crippen molar-refractivity contribution in [2.24, 2.45) is 17.6 Å². The summed E-state index contributed by atoms with van der Waals surface area (Å²) in [6.45, 7) is 6.67. The first-order chi connectivity index (χ1) is 8.37. The Morgan fingerprint density at radius 3 is 2.72 bits per heavy atom. The van der Waals surface area contributed by atoms with Gasteiger partial charge in [-0.05, 0) is 31.1 Å². The Morgan fingerprint density at radius 2 is 2.22 bits per heavy atom. The normalized spacial score (nSPS) is 35.3. The van der Waals surface area contributed by atoms with Crippen LogP contribution in [0.5, 0.6) is 0 Å². The number of thiazole rings is 1. The van der Waals surface area contributed by atoms with Gasteiger partial charge in [0.15, 0.2) is 0 Å². The van der Waals surface area contributed by atoms with Crippen molar-refractivity contribution >= 4 is 11.3 Å². The summed E-state index contributed by atoms with van der Waals surface area (Å²) >= 11 is 1.80. The molecule has 1 heterocycles. The van der Waals surface area contributed by atoms with Crippen LogP contribution in [-0.2, 0) is 11.8 Å². The molecule has 2 aliphatic carbocycles. The van der Waals surface area contributed by atoms with Gasteiger partial charge in [-0.25, -0.2) is 4.98 Å². The van der Waals surface area contributed by atoms with E-state index in [4.69, 9.17) is 10.7 Å². The van der Waals surface area contributed by atoms with E-state index in [2.05, 4.69) is 26.2 Å². The average Bonchev–Trinajstić information content (AvgIpc) is 2.90. The zero-order chi connectivity index (χ0) is 13.0. The number of fused-ring (bicyclic) bond motifs is 2. The minimum absolute atomic E-state index is 0.0515. The first kappa shape index (κ1) is 12.6. The Balaban J connectivity index is 1.75. The standard InChI is InChI=1S/C15H24N2S/c1-14(2,3)12-9-18-13(17-12)8-15(16)7-10-4-5-11(15)6-10/h9-11H,4-8,16H2,1-3H3. The number of aromatic nitrogens is 1. The lowest BCUT2D eigenvalue weighted by Crippen LogP contribution is -2.46. The van der Waals surface area contributed by atoms with E-state index in [0.717, 1.165) is 18.3 Å². The zero-order valence-corrected chi connectivity index (χ0v) is 12.5. The summed E-state index contributed by atoms with van der Waals surface area (Å²) in [6, 6.07) is 0. The highest BCUT2D eigenvalue weighted by Gasteiger charge is 2.48. The molecular weight excluding hydrogens is 240 g/mol. The zero-order valence-electron chi connectivity index (χ0n) is 11.7. The molecule has 0 amide bonds. The van der Waals surface area contributed by atoms with E-state index in [-0.39, 0.29) is 11.0 Å². The van der Waals surface area contributed by atoms with Crippen LogP contribution in [0, 0.1) is 11.8 Å². The number of rotatable bonds is 2. The summed E-state index contributed by atoms with van der Waals surface area (Å²) in [6.07, 6.45) is 6.35. The minimum Gasteiger partial charge on any atom is -0.324 e. The Labute approximate surface area is 114 Å². The lowest BCUT2D eigenvalue weighted by molar-refractivity contribution is 0.269. The molecule has 3 rings (SSSR count).